The fourth-order valence-corrected chi connectivity index (χ4v) is 2.54. The number of fused-ring (bicyclic) bond motifs is 1. The SMILES string of the molecule is COc1cc(C=Nc2ccc3[nH]c(=O)[nH]c3c2)ccc1OCCC(C)C. The van der Waals surface area contributed by atoms with E-state index in [-0.39, 0.29) is 5.69 Å². The molecular weight excluding hydrogens is 330 g/mol. The minimum Gasteiger partial charge on any atom is -0.493 e. The van der Waals surface area contributed by atoms with Gasteiger partial charge in [0.2, 0.25) is 0 Å². The Balaban J connectivity index is 1.75. The second kappa shape index (κ2) is 7.91. The van der Waals surface area contributed by atoms with Gasteiger partial charge in [0, 0.05) is 6.21 Å². The standard InChI is InChI=1S/C20H23N3O3/c1-13(2)8-9-26-18-7-4-14(10-19(18)25-3)12-21-15-5-6-16-17(11-15)23-20(24)22-16/h4-7,10-13H,8-9H2,1-3H3,(H2,22,23,24). The number of aromatic nitrogens is 2. The maximum atomic E-state index is 11.3. The molecule has 2 N–H and O–H groups in total. The van der Waals surface area contributed by atoms with Crippen molar-refractivity contribution in [3.8, 4) is 11.5 Å². The average Bonchev–Trinajstić information content (AvgIpc) is 2.99. The summed E-state index contributed by atoms with van der Waals surface area (Å²) >= 11 is 0. The van der Waals surface area contributed by atoms with Gasteiger partial charge in [0.15, 0.2) is 11.5 Å². The van der Waals surface area contributed by atoms with Crippen molar-refractivity contribution in [2.75, 3.05) is 13.7 Å². The molecule has 0 aliphatic carbocycles. The van der Waals surface area contributed by atoms with Crippen LogP contribution < -0.4 is 15.2 Å². The van der Waals surface area contributed by atoms with Crippen LogP contribution in [-0.4, -0.2) is 29.9 Å². The summed E-state index contributed by atoms with van der Waals surface area (Å²) in [4.78, 5) is 21.2. The molecule has 0 amide bonds. The molecule has 0 fully saturated rings. The highest BCUT2D eigenvalue weighted by Crippen LogP contribution is 2.28. The van der Waals surface area contributed by atoms with Gasteiger partial charge in [-0.3, -0.25) is 4.99 Å². The van der Waals surface area contributed by atoms with Crippen LogP contribution in [0.4, 0.5) is 5.69 Å². The number of aromatic amines is 2. The van der Waals surface area contributed by atoms with Gasteiger partial charge in [-0.15, -0.1) is 0 Å². The van der Waals surface area contributed by atoms with Crippen LogP contribution in [0.1, 0.15) is 25.8 Å². The quantitative estimate of drug-likeness (QED) is 0.629. The number of hydrogen-bond donors (Lipinski definition) is 2. The van der Waals surface area contributed by atoms with Crippen molar-refractivity contribution >= 4 is 22.9 Å². The van der Waals surface area contributed by atoms with E-state index >= 15 is 0 Å². The molecule has 0 saturated heterocycles. The molecule has 136 valence electrons. The topological polar surface area (TPSA) is 79.5 Å². The van der Waals surface area contributed by atoms with E-state index in [4.69, 9.17) is 9.47 Å². The molecule has 26 heavy (non-hydrogen) atoms. The summed E-state index contributed by atoms with van der Waals surface area (Å²) in [5.74, 6) is 2.01. The van der Waals surface area contributed by atoms with Gasteiger partial charge in [0.25, 0.3) is 0 Å². The van der Waals surface area contributed by atoms with Crippen molar-refractivity contribution < 1.29 is 9.47 Å². The Hall–Kier alpha value is -3.02. The Morgan fingerprint density at radius 2 is 1.88 bits per heavy atom. The summed E-state index contributed by atoms with van der Waals surface area (Å²) in [6, 6.07) is 11.2. The summed E-state index contributed by atoms with van der Waals surface area (Å²) in [6.45, 7) is 5.00. The van der Waals surface area contributed by atoms with Crippen molar-refractivity contribution in [1.29, 1.82) is 0 Å². The summed E-state index contributed by atoms with van der Waals surface area (Å²) in [5, 5.41) is 0. The smallest absolute Gasteiger partial charge is 0.323 e. The first-order valence-electron chi connectivity index (χ1n) is 8.62. The second-order valence-electron chi connectivity index (χ2n) is 6.51. The van der Waals surface area contributed by atoms with Crippen LogP contribution in [0.2, 0.25) is 0 Å². The first-order chi connectivity index (χ1) is 12.5. The number of aliphatic imine (C=N–C) groups is 1. The molecule has 0 bridgehead atoms. The molecule has 0 aliphatic rings. The molecule has 0 aliphatic heterocycles. The van der Waals surface area contributed by atoms with Crippen LogP contribution in [0, 0.1) is 5.92 Å². The van der Waals surface area contributed by atoms with Crippen LogP contribution in [0.3, 0.4) is 0 Å². The van der Waals surface area contributed by atoms with Gasteiger partial charge in [0.1, 0.15) is 0 Å². The van der Waals surface area contributed by atoms with Gasteiger partial charge in [-0.2, -0.15) is 0 Å². The van der Waals surface area contributed by atoms with Crippen molar-refractivity contribution in [3.63, 3.8) is 0 Å². The average molecular weight is 353 g/mol. The molecule has 3 aromatic rings. The lowest BCUT2D eigenvalue weighted by Crippen LogP contribution is -2.02. The lowest BCUT2D eigenvalue weighted by molar-refractivity contribution is 0.273. The van der Waals surface area contributed by atoms with Gasteiger partial charge in [0.05, 0.1) is 30.4 Å². The Morgan fingerprint density at radius 3 is 2.65 bits per heavy atom. The number of methoxy groups -OCH3 is 1. The molecule has 1 aromatic heterocycles. The van der Waals surface area contributed by atoms with E-state index < -0.39 is 0 Å². The third kappa shape index (κ3) is 4.33. The Bertz CT molecular complexity index is 970. The lowest BCUT2D eigenvalue weighted by atomic mass is 10.1. The van der Waals surface area contributed by atoms with Crippen molar-refractivity contribution in [2.45, 2.75) is 20.3 Å². The normalized spacial score (nSPS) is 11.5. The summed E-state index contributed by atoms with van der Waals surface area (Å²) in [6.07, 6.45) is 2.75. The fraction of sp³-hybridized carbons (Fsp3) is 0.300. The monoisotopic (exact) mass is 353 g/mol. The Kier molecular flexibility index (Phi) is 5.41. The lowest BCUT2D eigenvalue weighted by Gasteiger charge is -2.12. The van der Waals surface area contributed by atoms with Crippen molar-refractivity contribution in [1.82, 2.24) is 9.97 Å². The molecule has 0 radical (unpaired) electrons. The van der Waals surface area contributed by atoms with Crippen LogP contribution >= 0.6 is 0 Å². The number of H-pyrrole nitrogens is 2. The van der Waals surface area contributed by atoms with E-state index in [2.05, 4.69) is 28.8 Å². The highest BCUT2D eigenvalue weighted by atomic mass is 16.5. The molecule has 0 unspecified atom stereocenters. The summed E-state index contributed by atoms with van der Waals surface area (Å²) in [7, 11) is 1.63. The Morgan fingerprint density at radius 1 is 1.08 bits per heavy atom. The van der Waals surface area contributed by atoms with Crippen molar-refractivity contribution in [2.24, 2.45) is 10.9 Å². The van der Waals surface area contributed by atoms with E-state index in [0.29, 0.717) is 18.3 Å². The van der Waals surface area contributed by atoms with Gasteiger partial charge >= 0.3 is 5.69 Å². The number of benzene rings is 2. The zero-order valence-corrected chi connectivity index (χ0v) is 15.2. The van der Waals surface area contributed by atoms with Crippen LogP contribution in [0.15, 0.2) is 46.2 Å². The highest BCUT2D eigenvalue weighted by molar-refractivity contribution is 5.85. The van der Waals surface area contributed by atoms with E-state index in [9.17, 15) is 4.79 Å². The number of nitrogens with zero attached hydrogens (tertiary/aromatic N) is 1. The molecule has 3 rings (SSSR count). The molecule has 0 atom stereocenters. The molecule has 0 saturated carbocycles. The number of ether oxygens (including phenoxy) is 2. The fourth-order valence-electron chi connectivity index (χ4n) is 2.54. The third-order valence-electron chi connectivity index (χ3n) is 4.00. The minimum absolute atomic E-state index is 0.223. The zero-order chi connectivity index (χ0) is 18.5. The van der Waals surface area contributed by atoms with E-state index in [1.807, 2.05) is 36.4 Å². The highest BCUT2D eigenvalue weighted by Gasteiger charge is 2.06. The van der Waals surface area contributed by atoms with Crippen LogP contribution in [0.25, 0.3) is 11.0 Å². The predicted molar refractivity (Wildman–Crippen MR) is 104 cm³/mol. The van der Waals surface area contributed by atoms with Gasteiger partial charge in [-0.1, -0.05) is 13.8 Å². The third-order valence-corrected chi connectivity index (χ3v) is 4.00. The second-order valence-corrected chi connectivity index (χ2v) is 6.51. The Labute approximate surface area is 151 Å². The molecule has 6 heteroatoms. The number of imidazole rings is 1. The number of hydrogen-bond acceptors (Lipinski definition) is 4. The first kappa shape index (κ1) is 17.8. The van der Waals surface area contributed by atoms with Crippen LogP contribution in [-0.2, 0) is 0 Å². The molecular formula is C20H23N3O3. The maximum absolute atomic E-state index is 11.3. The summed E-state index contributed by atoms with van der Waals surface area (Å²) < 4.78 is 11.2. The van der Waals surface area contributed by atoms with Gasteiger partial charge in [-0.05, 0) is 54.3 Å². The minimum atomic E-state index is -0.223. The van der Waals surface area contributed by atoms with E-state index in [0.717, 1.165) is 34.5 Å². The zero-order valence-electron chi connectivity index (χ0n) is 15.2. The summed E-state index contributed by atoms with van der Waals surface area (Å²) in [5.41, 5.74) is 2.93. The van der Waals surface area contributed by atoms with Crippen molar-refractivity contribution in [3.05, 3.63) is 52.4 Å². The van der Waals surface area contributed by atoms with Gasteiger partial charge < -0.3 is 19.4 Å². The maximum Gasteiger partial charge on any atom is 0.323 e. The molecule has 2 aromatic carbocycles. The van der Waals surface area contributed by atoms with E-state index in [1.54, 1.807) is 13.3 Å². The first-order valence-corrected chi connectivity index (χ1v) is 8.62. The number of nitrogens with one attached hydrogen (secondary N) is 2. The molecule has 1 heterocycles. The van der Waals surface area contributed by atoms with E-state index in [1.165, 1.54) is 0 Å². The largest absolute Gasteiger partial charge is 0.493 e. The predicted octanol–water partition coefficient (Wildman–Crippen LogP) is 4.04. The van der Waals surface area contributed by atoms with Crippen LogP contribution in [0.5, 0.6) is 11.5 Å². The number of rotatable bonds is 7. The van der Waals surface area contributed by atoms with Gasteiger partial charge in [-0.25, -0.2) is 4.79 Å². The molecule has 6 nitrogen and oxygen atoms in total. The molecule has 0 spiro atoms.